The minimum Gasteiger partial charge on any atom is -0.496 e. The lowest BCUT2D eigenvalue weighted by atomic mass is 10.1. The Morgan fingerprint density at radius 2 is 1.71 bits per heavy atom. The predicted molar refractivity (Wildman–Crippen MR) is 111 cm³/mol. The van der Waals surface area contributed by atoms with Gasteiger partial charge >= 0.3 is 0 Å². The number of methoxy groups -OCH3 is 1. The van der Waals surface area contributed by atoms with Crippen molar-refractivity contribution in [1.29, 1.82) is 0 Å². The molecule has 1 amide bonds. The number of halogens is 2. The Morgan fingerprint density at radius 3 is 2.43 bits per heavy atom. The van der Waals surface area contributed by atoms with Gasteiger partial charge in [-0.2, -0.15) is 0 Å². The van der Waals surface area contributed by atoms with Gasteiger partial charge in [-0.3, -0.25) is 4.79 Å². The highest BCUT2D eigenvalue weighted by Crippen LogP contribution is 2.27. The Kier molecular flexibility index (Phi) is 6.80. The summed E-state index contributed by atoms with van der Waals surface area (Å²) in [7, 11) is 1.58. The molecule has 0 fully saturated rings. The third kappa shape index (κ3) is 5.18. The normalized spacial score (nSPS) is 10.4. The van der Waals surface area contributed by atoms with Gasteiger partial charge in [-0.15, -0.1) is 0 Å². The van der Waals surface area contributed by atoms with Crippen LogP contribution in [0.2, 0.25) is 10.0 Å². The fourth-order valence-corrected chi connectivity index (χ4v) is 2.95. The van der Waals surface area contributed by atoms with E-state index in [0.717, 1.165) is 11.1 Å². The van der Waals surface area contributed by atoms with Crippen LogP contribution < -0.4 is 14.8 Å². The Balaban J connectivity index is 1.69. The summed E-state index contributed by atoms with van der Waals surface area (Å²) in [6.07, 6.45) is 0. The van der Waals surface area contributed by atoms with Gasteiger partial charge in [-0.05, 0) is 48.0 Å². The first-order valence-corrected chi connectivity index (χ1v) is 9.39. The van der Waals surface area contributed by atoms with Crippen LogP contribution in [0.15, 0.2) is 66.7 Å². The number of nitrogens with one attached hydrogen (secondary N) is 1. The number of hydrogen-bond acceptors (Lipinski definition) is 3. The molecular formula is C22H19Cl2NO3. The van der Waals surface area contributed by atoms with Crippen molar-refractivity contribution in [3.8, 4) is 11.5 Å². The van der Waals surface area contributed by atoms with Crippen LogP contribution in [0.5, 0.6) is 11.5 Å². The molecule has 0 aliphatic rings. The van der Waals surface area contributed by atoms with Crippen molar-refractivity contribution in [2.75, 3.05) is 7.11 Å². The van der Waals surface area contributed by atoms with Gasteiger partial charge in [0, 0.05) is 22.7 Å². The van der Waals surface area contributed by atoms with Gasteiger partial charge in [0.15, 0.2) is 0 Å². The molecule has 0 heterocycles. The van der Waals surface area contributed by atoms with Crippen molar-refractivity contribution < 1.29 is 14.3 Å². The van der Waals surface area contributed by atoms with Crippen LogP contribution in [-0.4, -0.2) is 13.0 Å². The van der Waals surface area contributed by atoms with E-state index in [1.807, 2.05) is 24.3 Å². The number of benzene rings is 3. The van der Waals surface area contributed by atoms with Gasteiger partial charge in [-0.25, -0.2) is 0 Å². The van der Waals surface area contributed by atoms with Gasteiger partial charge < -0.3 is 14.8 Å². The fraction of sp³-hybridized carbons (Fsp3) is 0.136. The molecule has 3 rings (SSSR count). The van der Waals surface area contributed by atoms with E-state index in [4.69, 9.17) is 32.7 Å². The molecule has 1 N–H and O–H groups in total. The summed E-state index contributed by atoms with van der Waals surface area (Å²) in [6, 6.07) is 19.8. The number of rotatable bonds is 7. The average Bonchev–Trinajstić information content (AvgIpc) is 2.72. The van der Waals surface area contributed by atoms with E-state index in [2.05, 4.69) is 5.32 Å². The third-order valence-electron chi connectivity index (χ3n) is 4.13. The van der Waals surface area contributed by atoms with Crippen LogP contribution in [0.4, 0.5) is 0 Å². The molecule has 28 heavy (non-hydrogen) atoms. The maximum absolute atomic E-state index is 12.5. The minimum absolute atomic E-state index is 0.184. The summed E-state index contributed by atoms with van der Waals surface area (Å²) in [4.78, 5) is 12.5. The molecule has 0 radical (unpaired) electrons. The lowest BCUT2D eigenvalue weighted by molar-refractivity contribution is 0.0950. The first kappa shape index (κ1) is 20.1. The zero-order valence-electron chi connectivity index (χ0n) is 15.2. The molecule has 6 heteroatoms. The Hall–Kier alpha value is -2.69. The van der Waals surface area contributed by atoms with Gasteiger partial charge in [0.2, 0.25) is 0 Å². The van der Waals surface area contributed by atoms with Crippen LogP contribution in [0.25, 0.3) is 0 Å². The predicted octanol–water partition coefficient (Wildman–Crippen LogP) is 5.51. The second kappa shape index (κ2) is 9.49. The van der Waals surface area contributed by atoms with Crippen molar-refractivity contribution in [2.24, 2.45) is 0 Å². The summed E-state index contributed by atoms with van der Waals surface area (Å²) >= 11 is 12.0. The second-order valence-electron chi connectivity index (χ2n) is 6.05. The summed E-state index contributed by atoms with van der Waals surface area (Å²) < 4.78 is 11.2. The highest BCUT2D eigenvalue weighted by Gasteiger charge is 2.12. The van der Waals surface area contributed by atoms with Crippen molar-refractivity contribution in [3.63, 3.8) is 0 Å². The van der Waals surface area contributed by atoms with E-state index in [9.17, 15) is 4.79 Å². The Labute approximate surface area is 174 Å². The van der Waals surface area contributed by atoms with Gasteiger partial charge in [0.1, 0.15) is 18.1 Å². The molecule has 0 unspecified atom stereocenters. The molecule has 0 spiro atoms. The van der Waals surface area contributed by atoms with Gasteiger partial charge in [-0.1, -0.05) is 47.5 Å². The van der Waals surface area contributed by atoms with Crippen molar-refractivity contribution in [3.05, 3.63) is 93.5 Å². The molecule has 4 nitrogen and oxygen atoms in total. The maximum Gasteiger partial charge on any atom is 0.251 e. The quantitative estimate of drug-likeness (QED) is 0.553. The highest BCUT2D eigenvalue weighted by atomic mass is 35.5. The lowest BCUT2D eigenvalue weighted by Crippen LogP contribution is -2.23. The van der Waals surface area contributed by atoms with Crippen LogP contribution in [-0.2, 0) is 13.2 Å². The fourth-order valence-electron chi connectivity index (χ4n) is 2.64. The first-order chi connectivity index (χ1) is 13.6. The second-order valence-corrected chi connectivity index (χ2v) is 6.90. The zero-order valence-corrected chi connectivity index (χ0v) is 16.8. The van der Waals surface area contributed by atoms with Crippen LogP contribution in [0, 0.1) is 0 Å². The van der Waals surface area contributed by atoms with Gasteiger partial charge in [0.05, 0.1) is 12.1 Å². The molecule has 0 aromatic heterocycles. The molecule has 0 saturated carbocycles. The summed E-state index contributed by atoms with van der Waals surface area (Å²) in [6.45, 7) is 0.638. The summed E-state index contributed by atoms with van der Waals surface area (Å²) in [5.41, 5.74) is 2.24. The van der Waals surface area contributed by atoms with Crippen molar-refractivity contribution in [1.82, 2.24) is 5.32 Å². The summed E-state index contributed by atoms with van der Waals surface area (Å²) in [5, 5.41) is 4.08. The molecule has 144 valence electrons. The smallest absolute Gasteiger partial charge is 0.251 e. The van der Waals surface area contributed by atoms with Crippen LogP contribution >= 0.6 is 23.2 Å². The average molecular weight is 416 g/mol. The van der Waals surface area contributed by atoms with Crippen molar-refractivity contribution in [2.45, 2.75) is 13.2 Å². The first-order valence-electron chi connectivity index (χ1n) is 8.63. The van der Waals surface area contributed by atoms with E-state index in [0.29, 0.717) is 33.7 Å². The van der Waals surface area contributed by atoms with E-state index in [-0.39, 0.29) is 12.5 Å². The number of amides is 1. The highest BCUT2D eigenvalue weighted by molar-refractivity contribution is 6.32. The maximum atomic E-state index is 12.5. The van der Waals surface area contributed by atoms with Crippen LogP contribution in [0.1, 0.15) is 21.5 Å². The van der Waals surface area contributed by atoms with E-state index in [1.54, 1.807) is 49.6 Å². The van der Waals surface area contributed by atoms with Crippen molar-refractivity contribution >= 4 is 29.1 Å². The Morgan fingerprint density at radius 1 is 0.964 bits per heavy atom. The molecule has 0 aliphatic carbocycles. The lowest BCUT2D eigenvalue weighted by Gasteiger charge is -2.13. The molecule has 0 atom stereocenters. The SMILES string of the molecule is COc1ccc(C(=O)NCc2ccc(Cl)cc2)cc1COc1ccccc1Cl. The number of carbonyl (C=O) groups excluding carboxylic acids is 1. The number of hydrogen-bond donors (Lipinski definition) is 1. The molecule has 3 aromatic rings. The van der Waals surface area contributed by atoms with Crippen LogP contribution in [0.3, 0.4) is 0 Å². The molecule has 3 aromatic carbocycles. The third-order valence-corrected chi connectivity index (χ3v) is 4.69. The Bertz CT molecular complexity index is 958. The topological polar surface area (TPSA) is 47.6 Å². The zero-order chi connectivity index (χ0) is 19.9. The molecular weight excluding hydrogens is 397 g/mol. The largest absolute Gasteiger partial charge is 0.496 e. The van der Waals surface area contributed by atoms with E-state index in [1.165, 1.54) is 0 Å². The van der Waals surface area contributed by atoms with Gasteiger partial charge in [0.25, 0.3) is 5.91 Å². The van der Waals surface area contributed by atoms with E-state index < -0.39 is 0 Å². The molecule has 0 aliphatic heterocycles. The number of ether oxygens (including phenoxy) is 2. The standard InChI is InChI=1S/C22H19Cl2NO3/c1-27-20-11-8-16(22(26)25-13-15-6-9-18(23)10-7-15)12-17(20)14-28-21-5-3-2-4-19(21)24/h2-12H,13-14H2,1H3,(H,25,26). The minimum atomic E-state index is -0.184. The number of para-hydroxylation sites is 1. The monoisotopic (exact) mass is 415 g/mol. The molecule has 0 saturated heterocycles. The molecule has 0 bridgehead atoms. The van der Waals surface area contributed by atoms with E-state index >= 15 is 0 Å². The summed E-state index contributed by atoms with van der Waals surface area (Å²) in [5.74, 6) is 1.03. The number of carbonyl (C=O) groups is 1.